The minimum absolute atomic E-state index is 0.0896. The molecule has 0 spiro atoms. The summed E-state index contributed by atoms with van der Waals surface area (Å²) in [6.07, 6.45) is 0.576. The summed E-state index contributed by atoms with van der Waals surface area (Å²) >= 11 is 1.17. The van der Waals surface area contributed by atoms with Crippen molar-refractivity contribution in [2.24, 2.45) is 0 Å². The molecule has 0 aliphatic rings. The van der Waals surface area contributed by atoms with E-state index >= 15 is 0 Å². The predicted octanol–water partition coefficient (Wildman–Crippen LogP) is 0.668. The molecule has 0 saturated carbocycles. The second-order valence-electron chi connectivity index (χ2n) is 3.63. The van der Waals surface area contributed by atoms with E-state index in [1.807, 2.05) is 13.8 Å². The molecule has 2 N–H and O–H groups in total. The van der Waals surface area contributed by atoms with Gasteiger partial charge in [-0.1, -0.05) is 25.2 Å². The van der Waals surface area contributed by atoms with Gasteiger partial charge in [0.05, 0.1) is 5.75 Å². The Morgan fingerprint density at radius 3 is 2.81 bits per heavy atom. The topological polar surface area (TPSA) is 84.0 Å². The van der Waals surface area contributed by atoms with Crippen molar-refractivity contribution in [3.63, 3.8) is 0 Å². The van der Waals surface area contributed by atoms with Crippen molar-refractivity contribution >= 4 is 26.5 Å². The largest absolute Gasteiger partial charge is 0.314 e. The Balaban J connectivity index is 2.30. The van der Waals surface area contributed by atoms with Gasteiger partial charge in [-0.05, 0) is 13.0 Å². The molecule has 1 heterocycles. The van der Waals surface area contributed by atoms with Crippen LogP contribution in [0.4, 0.5) is 5.13 Å². The Morgan fingerprint density at radius 1 is 1.50 bits per heavy atom. The number of nitrogens with one attached hydrogen (secondary N) is 2. The maximum atomic E-state index is 11.5. The molecule has 6 nitrogen and oxygen atoms in total. The quantitative estimate of drug-likeness (QED) is 0.707. The number of anilines is 1. The number of aromatic nitrogens is 2. The Morgan fingerprint density at radius 2 is 2.25 bits per heavy atom. The van der Waals surface area contributed by atoms with Crippen LogP contribution in [0.5, 0.6) is 0 Å². The van der Waals surface area contributed by atoms with E-state index in [2.05, 4.69) is 20.2 Å². The van der Waals surface area contributed by atoms with E-state index in [0.717, 1.165) is 0 Å². The summed E-state index contributed by atoms with van der Waals surface area (Å²) < 4.78 is 25.5. The molecule has 1 rings (SSSR count). The first kappa shape index (κ1) is 13.3. The SMILES string of the molecule is CC(C)NCCCS(=O)(=O)Nc1nncs1. The van der Waals surface area contributed by atoms with E-state index in [9.17, 15) is 8.42 Å². The van der Waals surface area contributed by atoms with Crippen molar-refractivity contribution in [1.29, 1.82) is 0 Å². The minimum Gasteiger partial charge on any atom is -0.314 e. The molecular formula is C8H16N4O2S2. The van der Waals surface area contributed by atoms with Crippen LogP contribution in [-0.4, -0.2) is 37.0 Å². The van der Waals surface area contributed by atoms with Crippen LogP contribution < -0.4 is 10.0 Å². The fourth-order valence-electron chi connectivity index (χ4n) is 1.05. The number of nitrogens with zero attached hydrogens (tertiary/aromatic N) is 2. The lowest BCUT2D eigenvalue weighted by atomic mass is 10.4. The Hall–Kier alpha value is -0.730. The van der Waals surface area contributed by atoms with Crippen molar-refractivity contribution in [3.8, 4) is 0 Å². The van der Waals surface area contributed by atoms with Crippen LogP contribution in [0, 0.1) is 0 Å². The highest BCUT2D eigenvalue weighted by Gasteiger charge is 2.11. The summed E-state index contributed by atoms with van der Waals surface area (Å²) in [4.78, 5) is 0. The summed E-state index contributed by atoms with van der Waals surface area (Å²) in [6, 6.07) is 0.374. The van der Waals surface area contributed by atoms with Crippen LogP contribution in [0.25, 0.3) is 0 Å². The van der Waals surface area contributed by atoms with Crippen LogP contribution in [-0.2, 0) is 10.0 Å². The van der Waals surface area contributed by atoms with Crippen LogP contribution in [0.3, 0.4) is 0 Å². The standard InChI is InChI=1S/C8H16N4O2S2/c1-7(2)9-4-3-5-16(13,14)12-8-11-10-6-15-8/h6-7,9H,3-5H2,1-2H3,(H,11,12). The molecular weight excluding hydrogens is 248 g/mol. The van der Waals surface area contributed by atoms with Gasteiger partial charge in [-0.15, -0.1) is 10.2 Å². The van der Waals surface area contributed by atoms with E-state index in [0.29, 0.717) is 24.1 Å². The number of rotatable bonds is 7. The maximum absolute atomic E-state index is 11.5. The fraction of sp³-hybridized carbons (Fsp3) is 0.750. The normalized spacial score (nSPS) is 11.9. The Labute approximate surface area is 99.5 Å². The molecule has 16 heavy (non-hydrogen) atoms. The van der Waals surface area contributed by atoms with Gasteiger partial charge >= 0.3 is 0 Å². The van der Waals surface area contributed by atoms with Gasteiger partial charge in [0.1, 0.15) is 5.51 Å². The molecule has 0 atom stereocenters. The monoisotopic (exact) mass is 264 g/mol. The number of hydrogen-bond acceptors (Lipinski definition) is 6. The van der Waals surface area contributed by atoms with Crippen molar-refractivity contribution in [2.75, 3.05) is 17.0 Å². The molecule has 1 aromatic rings. The molecule has 92 valence electrons. The summed E-state index contributed by atoms with van der Waals surface area (Å²) in [7, 11) is -3.28. The number of hydrogen-bond donors (Lipinski definition) is 2. The van der Waals surface area contributed by atoms with Gasteiger partial charge in [-0.25, -0.2) is 8.42 Å². The van der Waals surface area contributed by atoms with Gasteiger partial charge < -0.3 is 5.32 Å². The predicted molar refractivity (Wildman–Crippen MR) is 65.1 cm³/mol. The molecule has 0 unspecified atom stereocenters. The summed E-state index contributed by atoms with van der Waals surface area (Å²) in [6.45, 7) is 4.73. The highest BCUT2D eigenvalue weighted by atomic mass is 32.2. The summed E-state index contributed by atoms with van der Waals surface area (Å²) in [5, 5.41) is 10.7. The van der Waals surface area contributed by atoms with Crippen LogP contribution >= 0.6 is 11.3 Å². The maximum Gasteiger partial charge on any atom is 0.234 e. The second kappa shape index (κ2) is 6.12. The first-order valence-electron chi connectivity index (χ1n) is 4.99. The highest BCUT2D eigenvalue weighted by molar-refractivity contribution is 7.92. The molecule has 0 aromatic carbocycles. The highest BCUT2D eigenvalue weighted by Crippen LogP contribution is 2.10. The van der Waals surface area contributed by atoms with E-state index in [4.69, 9.17) is 0 Å². The van der Waals surface area contributed by atoms with Crippen LogP contribution in [0.1, 0.15) is 20.3 Å². The Bertz CT molecular complexity index is 388. The number of sulfonamides is 1. The molecule has 0 radical (unpaired) electrons. The van der Waals surface area contributed by atoms with Crippen molar-refractivity contribution in [1.82, 2.24) is 15.5 Å². The zero-order chi connectivity index (χ0) is 12.0. The van der Waals surface area contributed by atoms with Crippen LogP contribution in [0.15, 0.2) is 5.51 Å². The molecule has 0 aliphatic carbocycles. The molecule has 0 aliphatic heterocycles. The molecule has 0 fully saturated rings. The van der Waals surface area contributed by atoms with Gasteiger partial charge in [0.2, 0.25) is 15.2 Å². The zero-order valence-corrected chi connectivity index (χ0v) is 10.9. The Kier molecular flexibility index (Phi) is 5.10. The van der Waals surface area contributed by atoms with E-state index in [-0.39, 0.29) is 5.75 Å². The van der Waals surface area contributed by atoms with Crippen LogP contribution in [0.2, 0.25) is 0 Å². The zero-order valence-electron chi connectivity index (χ0n) is 9.30. The lowest BCUT2D eigenvalue weighted by Crippen LogP contribution is -2.26. The van der Waals surface area contributed by atoms with Gasteiger partial charge in [0, 0.05) is 6.04 Å². The van der Waals surface area contributed by atoms with Gasteiger partial charge in [0.25, 0.3) is 0 Å². The van der Waals surface area contributed by atoms with Crippen molar-refractivity contribution in [2.45, 2.75) is 26.3 Å². The first-order chi connectivity index (χ1) is 7.49. The molecule has 0 bridgehead atoms. The van der Waals surface area contributed by atoms with Gasteiger partial charge in [-0.2, -0.15) is 0 Å². The summed E-state index contributed by atoms with van der Waals surface area (Å²) in [5.74, 6) is 0.0896. The average molecular weight is 264 g/mol. The van der Waals surface area contributed by atoms with E-state index in [1.165, 1.54) is 16.8 Å². The molecule has 1 aromatic heterocycles. The molecule has 0 amide bonds. The van der Waals surface area contributed by atoms with Gasteiger partial charge in [0.15, 0.2) is 0 Å². The van der Waals surface area contributed by atoms with E-state index in [1.54, 1.807) is 0 Å². The minimum atomic E-state index is -3.28. The third-order valence-electron chi connectivity index (χ3n) is 1.75. The molecule has 8 heteroatoms. The third kappa shape index (κ3) is 5.38. The van der Waals surface area contributed by atoms with Crippen molar-refractivity contribution < 1.29 is 8.42 Å². The van der Waals surface area contributed by atoms with E-state index < -0.39 is 10.0 Å². The fourth-order valence-corrected chi connectivity index (χ4v) is 2.85. The lowest BCUT2D eigenvalue weighted by molar-refractivity contribution is 0.571. The van der Waals surface area contributed by atoms with Gasteiger partial charge in [-0.3, -0.25) is 4.72 Å². The second-order valence-corrected chi connectivity index (χ2v) is 6.30. The third-order valence-corrected chi connectivity index (χ3v) is 3.81. The lowest BCUT2D eigenvalue weighted by Gasteiger charge is -2.08. The summed E-state index contributed by atoms with van der Waals surface area (Å²) in [5.41, 5.74) is 1.48. The average Bonchev–Trinajstić information content (AvgIpc) is 2.64. The first-order valence-corrected chi connectivity index (χ1v) is 7.53. The smallest absolute Gasteiger partial charge is 0.234 e. The van der Waals surface area contributed by atoms with Crippen molar-refractivity contribution in [3.05, 3.63) is 5.51 Å². The molecule has 0 saturated heterocycles.